The van der Waals surface area contributed by atoms with Crippen LogP contribution in [0.25, 0.3) is 0 Å². The van der Waals surface area contributed by atoms with Gasteiger partial charge in [0, 0.05) is 18.3 Å². The summed E-state index contributed by atoms with van der Waals surface area (Å²) in [7, 11) is 0. The molecule has 1 aliphatic heterocycles. The minimum absolute atomic E-state index is 0.0401. The summed E-state index contributed by atoms with van der Waals surface area (Å²) < 4.78 is 0. The quantitative estimate of drug-likeness (QED) is 0.883. The van der Waals surface area contributed by atoms with Crippen molar-refractivity contribution < 1.29 is 4.79 Å². The van der Waals surface area contributed by atoms with Gasteiger partial charge in [-0.3, -0.25) is 4.79 Å². The molecule has 0 aromatic heterocycles. The highest BCUT2D eigenvalue weighted by Gasteiger charge is 2.36. The number of rotatable bonds is 3. The average Bonchev–Trinajstić information content (AvgIpc) is 3.03. The molecular formula is C15H20N2O. The molecule has 96 valence electrons. The van der Waals surface area contributed by atoms with E-state index in [0.717, 1.165) is 18.7 Å². The maximum absolute atomic E-state index is 12.4. The normalized spacial score (nSPS) is 23.8. The van der Waals surface area contributed by atoms with Gasteiger partial charge in [0.2, 0.25) is 5.91 Å². The largest absolute Gasteiger partial charge is 0.311 e. The molecule has 1 aromatic carbocycles. The third-order valence-electron chi connectivity index (χ3n) is 3.74. The number of nitrogens with one attached hydrogen (secondary N) is 1. The summed E-state index contributed by atoms with van der Waals surface area (Å²) in [5.41, 5.74) is 3.49. The SMILES string of the molecule is Cc1cc(C)cc(N2CCC(NC3CC3)C2=O)c1. The zero-order chi connectivity index (χ0) is 12.7. The number of nitrogens with zero attached hydrogens (tertiary/aromatic N) is 1. The molecule has 0 radical (unpaired) electrons. The van der Waals surface area contributed by atoms with Crippen molar-refractivity contribution >= 4 is 11.6 Å². The topological polar surface area (TPSA) is 32.3 Å². The smallest absolute Gasteiger partial charge is 0.244 e. The maximum atomic E-state index is 12.4. The fraction of sp³-hybridized carbons (Fsp3) is 0.533. The molecule has 1 unspecified atom stereocenters. The molecule has 1 amide bonds. The summed E-state index contributed by atoms with van der Waals surface area (Å²) in [6.07, 6.45) is 3.39. The van der Waals surface area contributed by atoms with E-state index in [-0.39, 0.29) is 11.9 Å². The van der Waals surface area contributed by atoms with E-state index in [2.05, 4.69) is 37.4 Å². The van der Waals surface area contributed by atoms with Crippen LogP contribution < -0.4 is 10.2 Å². The van der Waals surface area contributed by atoms with Crippen LogP contribution in [0.5, 0.6) is 0 Å². The Kier molecular flexibility index (Phi) is 2.86. The monoisotopic (exact) mass is 244 g/mol. The molecule has 1 aromatic rings. The van der Waals surface area contributed by atoms with E-state index < -0.39 is 0 Å². The van der Waals surface area contributed by atoms with Gasteiger partial charge in [-0.2, -0.15) is 0 Å². The number of amides is 1. The van der Waals surface area contributed by atoms with E-state index in [4.69, 9.17) is 0 Å². The lowest BCUT2D eigenvalue weighted by atomic mass is 10.1. The van der Waals surface area contributed by atoms with Gasteiger partial charge < -0.3 is 10.2 Å². The Hall–Kier alpha value is -1.35. The number of hydrogen-bond donors (Lipinski definition) is 1. The minimum atomic E-state index is 0.0401. The van der Waals surface area contributed by atoms with Crippen LogP contribution in [-0.4, -0.2) is 24.5 Å². The van der Waals surface area contributed by atoms with E-state index in [1.165, 1.54) is 24.0 Å². The first-order chi connectivity index (χ1) is 8.63. The van der Waals surface area contributed by atoms with Gasteiger partial charge in [0.25, 0.3) is 0 Å². The van der Waals surface area contributed by atoms with Crippen LogP contribution >= 0.6 is 0 Å². The lowest BCUT2D eigenvalue weighted by molar-refractivity contribution is -0.118. The molecular weight excluding hydrogens is 224 g/mol. The number of aryl methyl sites for hydroxylation is 2. The van der Waals surface area contributed by atoms with Gasteiger partial charge in [0.15, 0.2) is 0 Å². The van der Waals surface area contributed by atoms with Crippen molar-refractivity contribution in [3.05, 3.63) is 29.3 Å². The van der Waals surface area contributed by atoms with Crippen LogP contribution in [0.2, 0.25) is 0 Å². The Balaban J connectivity index is 1.77. The van der Waals surface area contributed by atoms with Gasteiger partial charge in [-0.05, 0) is 56.4 Å². The van der Waals surface area contributed by atoms with Gasteiger partial charge in [-0.15, -0.1) is 0 Å². The highest BCUT2D eigenvalue weighted by Crippen LogP contribution is 2.26. The predicted octanol–water partition coefficient (Wildman–Crippen LogP) is 2.16. The molecule has 1 saturated carbocycles. The molecule has 0 bridgehead atoms. The van der Waals surface area contributed by atoms with Crippen molar-refractivity contribution in [2.45, 2.75) is 45.2 Å². The van der Waals surface area contributed by atoms with Crippen LogP contribution in [0.3, 0.4) is 0 Å². The molecule has 2 fully saturated rings. The predicted molar refractivity (Wildman–Crippen MR) is 72.8 cm³/mol. The second-order valence-corrected chi connectivity index (χ2v) is 5.62. The van der Waals surface area contributed by atoms with Crippen LogP contribution in [0, 0.1) is 13.8 Å². The Bertz CT molecular complexity index is 459. The zero-order valence-electron chi connectivity index (χ0n) is 11.1. The number of benzene rings is 1. The van der Waals surface area contributed by atoms with Crippen LogP contribution in [0.1, 0.15) is 30.4 Å². The summed E-state index contributed by atoms with van der Waals surface area (Å²) in [6.45, 7) is 5.00. The first-order valence-corrected chi connectivity index (χ1v) is 6.79. The molecule has 18 heavy (non-hydrogen) atoms. The molecule has 2 aliphatic rings. The van der Waals surface area contributed by atoms with Crippen LogP contribution in [-0.2, 0) is 4.79 Å². The van der Waals surface area contributed by atoms with Gasteiger partial charge >= 0.3 is 0 Å². The second-order valence-electron chi connectivity index (χ2n) is 5.62. The van der Waals surface area contributed by atoms with Crippen molar-refractivity contribution in [3.8, 4) is 0 Å². The van der Waals surface area contributed by atoms with Crippen molar-refractivity contribution in [3.63, 3.8) is 0 Å². The molecule has 1 N–H and O–H groups in total. The van der Waals surface area contributed by atoms with Crippen molar-refractivity contribution in [2.75, 3.05) is 11.4 Å². The molecule has 1 saturated heterocycles. The maximum Gasteiger partial charge on any atom is 0.244 e. The van der Waals surface area contributed by atoms with Gasteiger partial charge in [-0.1, -0.05) is 6.07 Å². The first-order valence-electron chi connectivity index (χ1n) is 6.79. The minimum Gasteiger partial charge on any atom is -0.311 e. The molecule has 3 nitrogen and oxygen atoms in total. The molecule has 1 aliphatic carbocycles. The Morgan fingerprint density at radius 1 is 1.11 bits per heavy atom. The summed E-state index contributed by atoms with van der Waals surface area (Å²) in [5.74, 6) is 0.243. The standard InChI is InChI=1S/C15H20N2O/c1-10-7-11(2)9-13(8-10)17-6-5-14(15(17)18)16-12-3-4-12/h7-9,12,14,16H,3-6H2,1-2H3. The van der Waals surface area contributed by atoms with Gasteiger partial charge in [0.1, 0.15) is 0 Å². The Morgan fingerprint density at radius 3 is 2.39 bits per heavy atom. The van der Waals surface area contributed by atoms with E-state index in [1.54, 1.807) is 0 Å². The van der Waals surface area contributed by atoms with Crippen molar-refractivity contribution in [1.82, 2.24) is 5.32 Å². The number of hydrogen-bond acceptors (Lipinski definition) is 2. The van der Waals surface area contributed by atoms with Crippen molar-refractivity contribution in [2.24, 2.45) is 0 Å². The summed E-state index contributed by atoms with van der Waals surface area (Å²) in [6, 6.07) is 6.98. The van der Waals surface area contributed by atoms with E-state index >= 15 is 0 Å². The Labute approximate surface area is 108 Å². The van der Waals surface area contributed by atoms with Crippen LogP contribution in [0.15, 0.2) is 18.2 Å². The molecule has 1 atom stereocenters. The number of carbonyl (C=O) groups excluding carboxylic acids is 1. The number of carbonyl (C=O) groups is 1. The zero-order valence-corrected chi connectivity index (χ0v) is 11.1. The fourth-order valence-electron chi connectivity index (χ4n) is 2.73. The molecule has 3 heteroatoms. The fourth-order valence-corrected chi connectivity index (χ4v) is 2.73. The lowest BCUT2D eigenvalue weighted by Gasteiger charge is -2.18. The second kappa shape index (κ2) is 4.39. The number of anilines is 1. The highest BCUT2D eigenvalue weighted by molar-refractivity contribution is 5.99. The van der Waals surface area contributed by atoms with E-state index in [0.29, 0.717) is 6.04 Å². The summed E-state index contributed by atoms with van der Waals surface area (Å²) >= 11 is 0. The Morgan fingerprint density at radius 2 is 1.78 bits per heavy atom. The molecule has 1 heterocycles. The first kappa shape index (κ1) is 11.7. The van der Waals surface area contributed by atoms with Crippen molar-refractivity contribution in [1.29, 1.82) is 0 Å². The van der Waals surface area contributed by atoms with E-state index in [1.807, 2.05) is 4.90 Å². The van der Waals surface area contributed by atoms with Gasteiger partial charge in [0.05, 0.1) is 6.04 Å². The third-order valence-corrected chi connectivity index (χ3v) is 3.74. The van der Waals surface area contributed by atoms with Gasteiger partial charge in [-0.25, -0.2) is 0 Å². The van der Waals surface area contributed by atoms with E-state index in [9.17, 15) is 4.79 Å². The molecule has 0 spiro atoms. The van der Waals surface area contributed by atoms with Crippen LogP contribution in [0.4, 0.5) is 5.69 Å². The summed E-state index contributed by atoms with van der Waals surface area (Å²) in [4.78, 5) is 14.3. The lowest BCUT2D eigenvalue weighted by Crippen LogP contribution is -2.39. The molecule has 3 rings (SSSR count). The third kappa shape index (κ3) is 2.27. The average molecular weight is 244 g/mol. The summed E-state index contributed by atoms with van der Waals surface area (Å²) in [5, 5.41) is 3.44. The highest BCUT2D eigenvalue weighted by atomic mass is 16.2.